The molecule has 0 radical (unpaired) electrons. The second-order valence-corrected chi connectivity index (χ2v) is 3.48. The first-order valence-electron chi connectivity index (χ1n) is 3.97. The summed E-state index contributed by atoms with van der Waals surface area (Å²) < 4.78 is 0. The number of hydrogen-bond acceptors (Lipinski definition) is 2. The first-order valence-corrected chi connectivity index (χ1v) is 4.86. The molecule has 0 saturated heterocycles. The van der Waals surface area contributed by atoms with Crippen molar-refractivity contribution in [1.29, 1.82) is 0 Å². The smallest absolute Gasteiger partial charge is 1.00 e. The average Bonchev–Trinajstić information content (AvgIpc) is 2.00. The van der Waals surface area contributed by atoms with Crippen molar-refractivity contribution in [2.75, 3.05) is 5.32 Å². The normalized spacial score (nSPS) is 7.47. The van der Waals surface area contributed by atoms with Crippen molar-refractivity contribution < 1.29 is 40.6 Å². The fraction of sp³-hybridized carbons (Fsp3) is 0.200. The van der Waals surface area contributed by atoms with Crippen LogP contribution >= 0.6 is 25.3 Å². The fourth-order valence-electron chi connectivity index (χ4n) is 0.846. The third-order valence-electron chi connectivity index (χ3n) is 1.27. The minimum absolute atomic E-state index is 0. The molecule has 0 unspecified atom stereocenters. The summed E-state index contributed by atoms with van der Waals surface area (Å²) in [6, 6.07) is 7.55. The number of primary amides is 1. The summed E-state index contributed by atoms with van der Waals surface area (Å²) in [6.45, 7) is 1.97. The van der Waals surface area contributed by atoms with E-state index in [1.165, 1.54) is 0 Å². The molecular weight excluding hydrogens is 267 g/mol. The van der Waals surface area contributed by atoms with E-state index in [4.69, 9.17) is 4.79 Å². The van der Waals surface area contributed by atoms with Crippen molar-refractivity contribution in [3.05, 3.63) is 29.8 Å². The van der Waals surface area contributed by atoms with Crippen molar-refractivity contribution in [3.63, 3.8) is 0 Å². The maximum atomic E-state index is 10.5. The van der Waals surface area contributed by atoms with E-state index in [-0.39, 0.29) is 43.6 Å². The summed E-state index contributed by atoms with van der Waals surface area (Å²) in [5.41, 5.74) is 6.23. The topological polar surface area (TPSA) is 72.2 Å². The Morgan fingerprint density at radius 2 is 1.82 bits per heavy atom. The molecule has 0 aromatic heterocycles. The van der Waals surface area contributed by atoms with Gasteiger partial charge in [-0.15, -0.1) is 0 Å². The Hall–Kier alpha value is -0.140. The second kappa shape index (κ2) is 12.3. The van der Waals surface area contributed by atoms with Crippen LogP contribution in [-0.2, 0) is 0 Å². The van der Waals surface area contributed by atoms with Crippen LogP contribution < -0.4 is 40.6 Å². The molecule has 1 aromatic carbocycles. The number of anilines is 1. The van der Waals surface area contributed by atoms with Crippen LogP contribution in [0.4, 0.5) is 15.3 Å². The number of nitrogens with two attached hydrogens (primary N) is 1. The van der Waals surface area contributed by atoms with Crippen LogP contribution in [0.3, 0.4) is 0 Å². The molecule has 2 amide bonds. The second-order valence-electron chi connectivity index (χ2n) is 2.64. The standard InChI is InChI=1S/C8H9NOS.CH3NOS.CH4.Na.H/c1-6-3-2-4-7(5-6)9-8(10)11;2-1(3)4;;;/h2-5H,1H3,(H2,9,10,11);(H3,2,3,4);1H4;;/q;;;+1;-1. The van der Waals surface area contributed by atoms with Gasteiger partial charge in [-0.2, -0.15) is 0 Å². The van der Waals surface area contributed by atoms with Crippen LogP contribution in [0.1, 0.15) is 14.4 Å². The molecule has 17 heavy (non-hydrogen) atoms. The van der Waals surface area contributed by atoms with E-state index in [2.05, 4.69) is 36.3 Å². The largest absolute Gasteiger partial charge is 1.00 e. The molecule has 4 nitrogen and oxygen atoms in total. The maximum absolute atomic E-state index is 10.5. The zero-order valence-corrected chi connectivity index (χ0v) is 12.9. The Balaban J connectivity index is -0.000000125. The summed E-state index contributed by atoms with van der Waals surface area (Å²) in [5.74, 6) is 0. The van der Waals surface area contributed by atoms with E-state index in [9.17, 15) is 4.79 Å². The molecule has 92 valence electrons. The van der Waals surface area contributed by atoms with Gasteiger partial charge in [-0.3, -0.25) is 9.59 Å². The third kappa shape index (κ3) is 15.9. The quantitative estimate of drug-likeness (QED) is 0.439. The third-order valence-corrected chi connectivity index (χ3v) is 1.38. The van der Waals surface area contributed by atoms with E-state index in [0.717, 1.165) is 11.3 Å². The van der Waals surface area contributed by atoms with Crippen LogP contribution in [0.2, 0.25) is 0 Å². The van der Waals surface area contributed by atoms with Gasteiger partial charge in [-0.05, 0) is 24.6 Å². The van der Waals surface area contributed by atoms with Crippen LogP contribution in [0.25, 0.3) is 0 Å². The van der Waals surface area contributed by atoms with Gasteiger partial charge in [0.15, 0.2) is 0 Å². The monoisotopic (exact) mass is 284 g/mol. The molecule has 7 heteroatoms. The Bertz CT molecular complexity index is 363. The van der Waals surface area contributed by atoms with Crippen LogP contribution in [0.5, 0.6) is 0 Å². The van der Waals surface area contributed by atoms with Crippen molar-refractivity contribution in [2.24, 2.45) is 5.73 Å². The molecule has 0 atom stereocenters. The number of carbonyl (C=O) groups excluding carboxylic acids is 2. The molecule has 0 fully saturated rings. The Kier molecular flexibility index (Phi) is 16.0. The number of amides is 2. The van der Waals surface area contributed by atoms with Gasteiger partial charge in [0.2, 0.25) is 0 Å². The van der Waals surface area contributed by atoms with Gasteiger partial charge in [0.05, 0.1) is 0 Å². The number of aryl methyl sites for hydroxylation is 1. The van der Waals surface area contributed by atoms with Crippen LogP contribution in [0.15, 0.2) is 24.3 Å². The van der Waals surface area contributed by atoms with Crippen LogP contribution in [-0.4, -0.2) is 10.5 Å². The minimum atomic E-state index is -0.639. The Morgan fingerprint density at radius 1 is 1.35 bits per heavy atom. The Labute approximate surface area is 136 Å². The number of hydrogen-bond donors (Lipinski definition) is 4. The zero-order chi connectivity index (χ0) is 11.8. The van der Waals surface area contributed by atoms with Crippen molar-refractivity contribution in [3.8, 4) is 0 Å². The maximum Gasteiger partial charge on any atom is 1.00 e. The first-order chi connectivity index (χ1) is 6.91. The zero-order valence-electron chi connectivity index (χ0n) is 10.1. The van der Waals surface area contributed by atoms with Gasteiger partial charge in [-0.1, -0.05) is 44.8 Å². The summed E-state index contributed by atoms with van der Waals surface area (Å²) in [7, 11) is 0. The van der Waals surface area contributed by atoms with E-state index in [0.29, 0.717) is 0 Å². The van der Waals surface area contributed by atoms with Gasteiger partial charge in [0.25, 0.3) is 10.5 Å². The average molecular weight is 284 g/mol. The number of nitrogens with one attached hydrogen (secondary N) is 1. The number of carbonyl (C=O) groups is 2. The van der Waals surface area contributed by atoms with Gasteiger partial charge in [0.1, 0.15) is 0 Å². The predicted octanol–water partition coefficient (Wildman–Crippen LogP) is 0.204. The summed E-state index contributed by atoms with van der Waals surface area (Å²) in [5, 5.41) is 1.59. The van der Waals surface area contributed by atoms with Crippen molar-refractivity contribution >= 4 is 41.4 Å². The van der Waals surface area contributed by atoms with E-state index in [1.807, 2.05) is 31.2 Å². The van der Waals surface area contributed by atoms with E-state index in [1.54, 1.807) is 0 Å². The molecule has 0 heterocycles. The van der Waals surface area contributed by atoms with E-state index >= 15 is 0 Å². The van der Waals surface area contributed by atoms with Crippen LogP contribution in [0, 0.1) is 6.92 Å². The molecule has 0 aliphatic rings. The molecule has 0 aliphatic heterocycles. The molecular formula is C10H17N2NaO2S2. The van der Waals surface area contributed by atoms with Crippen molar-refractivity contribution in [2.45, 2.75) is 14.4 Å². The minimum Gasteiger partial charge on any atom is -1.00 e. The molecule has 3 N–H and O–H groups in total. The SMILES string of the molecule is C.Cc1cccc(NC(=O)S)c1.NC(=O)S.[H-].[Na+]. The predicted molar refractivity (Wildman–Crippen MR) is 75.6 cm³/mol. The molecule has 1 aromatic rings. The van der Waals surface area contributed by atoms with Gasteiger partial charge < -0.3 is 12.5 Å². The van der Waals surface area contributed by atoms with Gasteiger partial charge in [0, 0.05) is 5.69 Å². The fourth-order valence-corrected chi connectivity index (χ4v) is 0.975. The summed E-state index contributed by atoms with van der Waals surface area (Å²) >= 11 is 6.70. The summed E-state index contributed by atoms with van der Waals surface area (Å²) in [6.07, 6.45) is 0. The summed E-state index contributed by atoms with van der Waals surface area (Å²) in [4.78, 5) is 19.6. The number of rotatable bonds is 1. The van der Waals surface area contributed by atoms with Crippen molar-refractivity contribution in [1.82, 2.24) is 0 Å². The number of benzene rings is 1. The van der Waals surface area contributed by atoms with Gasteiger partial charge >= 0.3 is 29.6 Å². The molecule has 0 bridgehead atoms. The molecule has 0 aliphatic carbocycles. The van der Waals surface area contributed by atoms with Gasteiger partial charge in [-0.25, -0.2) is 0 Å². The molecule has 1 rings (SSSR count). The molecule has 0 saturated carbocycles. The first kappa shape index (κ1) is 22.1. The van der Waals surface area contributed by atoms with E-state index < -0.39 is 5.24 Å². The number of thiol groups is 2. The molecule has 0 spiro atoms. The Morgan fingerprint density at radius 3 is 2.18 bits per heavy atom.